The fraction of sp³-hybridized carbons (Fsp3) is 0.182. The summed E-state index contributed by atoms with van der Waals surface area (Å²) in [5.41, 5.74) is -1.04. The number of halogens is 1. The zero-order valence-corrected chi connectivity index (χ0v) is 10.3. The van der Waals surface area contributed by atoms with Gasteiger partial charge in [0.1, 0.15) is 0 Å². The van der Waals surface area contributed by atoms with Gasteiger partial charge in [0.15, 0.2) is 5.71 Å². The van der Waals surface area contributed by atoms with Crippen LogP contribution in [0.5, 0.6) is 0 Å². The summed E-state index contributed by atoms with van der Waals surface area (Å²) < 4.78 is 13.4. The van der Waals surface area contributed by atoms with E-state index in [1.54, 1.807) is 0 Å². The van der Waals surface area contributed by atoms with Crippen molar-refractivity contribution in [2.75, 3.05) is 5.32 Å². The van der Waals surface area contributed by atoms with E-state index in [2.05, 4.69) is 15.3 Å². The summed E-state index contributed by atoms with van der Waals surface area (Å²) >= 11 is 0. The standard InChI is InChI=1S/C11H8FN3O6/c12-6-3-5(1-2-8(6)15(19)20)13-10(16)9-4-7(11(17)18)14-21-9/h1-3,9H,4H2,(H,13,16)(H,17,18). The highest BCUT2D eigenvalue weighted by atomic mass is 19.1. The van der Waals surface area contributed by atoms with Gasteiger partial charge in [-0.1, -0.05) is 5.16 Å². The van der Waals surface area contributed by atoms with Gasteiger partial charge in [-0.3, -0.25) is 14.9 Å². The number of benzene rings is 1. The van der Waals surface area contributed by atoms with Crippen molar-refractivity contribution in [1.82, 2.24) is 0 Å². The number of nitro groups is 1. The Morgan fingerprint density at radius 2 is 2.24 bits per heavy atom. The maximum atomic E-state index is 13.4. The van der Waals surface area contributed by atoms with Crippen LogP contribution >= 0.6 is 0 Å². The number of hydrogen-bond acceptors (Lipinski definition) is 6. The molecule has 2 N–H and O–H groups in total. The van der Waals surface area contributed by atoms with E-state index in [1.807, 2.05) is 0 Å². The van der Waals surface area contributed by atoms with E-state index in [9.17, 15) is 24.1 Å². The summed E-state index contributed by atoms with van der Waals surface area (Å²) in [6, 6.07) is 2.83. The van der Waals surface area contributed by atoms with Gasteiger partial charge in [-0.2, -0.15) is 4.39 Å². The van der Waals surface area contributed by atoms with Gasteiger partial charge in [-0.15, -0.1) is 0 Å². The van der Waals surface area contributed by atoms with Gasteiger partial charge in [0.2, 0.25) is 11.9 Å². The molecule has 1 atom stereocenters. The van der Waals surface area contributed by atoms with E-state index in [1.165, 1.54) is 0 Å². The van der Waals surface area contributed by atoms with Gasteiger partial charge in [-0.25, -0.2) is 4.79 Å². The fourth-order valence-electron chi connectivity index (χ4n) is 1.60. The molecule has 1 amide bonds. The zero-order chi connectivity index (χ0) is 15.6. The van der Waals surface area contributed by atoms with Crippen LogP contribution < -0.4 is 5.32 Å². The second kappa shape index (κ2) is 5.53. The number of carbonyl (C=O) groups excluding carboxylic acids is 1. The number of anilines is 1. The Morgan fingerprint density at radius 3 is 2.76 bits per heavy atom. The highest BCUT2D eigenvalue weighted by molar-refractivity contribution is 6.36. The van der Waals surface area contributed by atoms with Crippen LogP contribution in [0.1, 0.15) is 6.42 Å². The summed E-state index contributed by atoms with van der Waals surface area (Å²) in [7, 11) is 0. The number of carbonyl (C=O) groups is 2. The van der Waals surface area contributed by atoms with Crippen LogP contribution in [0.2, 0.25) is 0 Å². The molecule has 1 aliphatic heterocycles. The third kappa shape index (κ3) is 3.11. The molecule has 2 rings (SSSR count). The molecule has 110 valence electrons. The minimum Gasteiger partial charge on any atom is -0.477 e. The molecular weight excluding hydrogens is 289 g/mol. The van der Waals surface area contributed by atoms with Gasteiger partial charge < -0.3 is 15.3 Å². The second-order valence-corrected chi connectivity index (χ2v) is 4.05. The first-order valence-corrected chi connectivity index (χ1v) is 5.59. The molecule has 9 nitrogen and oxygen atoms in total. The van der Waals surface area contributed by atoms with Gasteiger partial charge in [0, 0.05) is 24.2 Å². The lowest BCUT2D eigenvalue weighted by atomic mass is 10.1. The summed E-state index contributed by atoms with van der Waals surface area (Å²) in [4.78, 5) is 36.6. The Morgan fingerprint density at radius 1 is 1.52 bits per heavy atom. The van der Waals surface area contributed by atoms with Gasteiger partial charge >= 0.3 is 11.7 Å². The van der Waals surface area contributed by atoms with Crippen molar-refractivity contribution in [3.63, 3.8) is 0 Å². The van der Waals surface area contributed by atoms with Crippen molar-refractivity contribution in [1.29, 1.82) is 0 Å². The van der Waals surface area contributed by atoms with Crippen LogP contribution in [-0.2, 0) is 14.4 Å². The minimum absolute atomic E-state index is 0.0181. The van der Waals surface area contributed by atoms with Crippen LogP contribution in [0.15, 0.2) is 23.4 Å². The predicted molar refractivity (Wildman–Crippen MR) is 66.2 cm³/mol. The van der Waals surface area contributed by atoms with Crippen LogP contribution in [-0.4, -0.2) is 33.7 Å². The smallest absolute Gasteiger partial charge is 0.353 e. The molecule has 0 aromatic heterocycles. The van der Waals surface area contributed by atoms with Gasteiger partial charge in [-0.05, 0) is 6.07 Å². The van der Waals surface area contributed by atoms with E-state index in [4.69, 9.17) is 5.11 Å². The number of oxime groups is 1. The first-order chi connectivity index (χ1) is 9.88. The number of aliphatic carboxylic acids is 1. The normalized spacial score (nSPS) is 16.8. The third-order valence-electron chi connectivity index (χ3n) is 2.62. The summed E-state index contributed by atoms with van der Waals surface area (Å²) in [6.07, 6.45) is -1.37. The number of nitrogens with zero attached hydrogens (tertiary/aromatic N) is 2. The molecule has 1 aliphatic rings. The molecular formula is C11H8FN3O6. The van der Waals surface area contributed by atoms with E-state index < -0.39 is 34.4 Å². The topological polar surface area (TPSA) is 131 Å². The second-order valence-electron chi connectivity index (χ2n) is 4.05. The molecule has 21 heavy (non-hydrogen) atoms. The largest absolute Gasteiger partial charge is 0.477 e. The van der Waals surface area contributed by atoms with E-state index in [-0.39, 0.29) is 17.8 Å². The molecule has 0 saturated carbocycles. The molecule has 0 saturated heterocycles. The fourth-order valence-corrected chi connectivity index (χ4v) is 1.60. The number of amides is 1. The molecule has 1 aromatic rings. The number of carboxylic acid groups (broad SMARTS) is 1. The predicted octanol–water partition coefficient (Wildman–Crippen LogP) is 0.902. The monoisotopic (exact) mass is 297 g/mol. The highest BCUT2D eigenvalue weighted by Gasteiger charge is 2.31. The van der Waals surface area contributed by atoms with Crippen molar-refractivity contribution in [3.8, 4) is 0 Å². The Labute approximate surface area is 116 Å². The molecule has 0 spiro atoms. The number of rotatable bonds is 4. The number of hydrogen-bond donors (Lipinski definition) is 2. The summed E-state index contributed by atoms with van der Waals surface area (Å²) in [5, 5.41) is 24.6. The van der Waals surface area contributed by atoms with Crippen LogP contribution in [0.25, 0.3) is 0 Å². The van der Waals surface area contributed by atoms with Crippen LogP contribution in [0, 0.1) is 15.9 Å². The third-order valence-corrected chi connectivity index (χ3v) is 2.62. The molecule has 10 heteroatoms. The molecule has 1 unspecified atom stereocenters. The van der Waals surface area contributed by atoms with Gasteiger partial charge in [0.25, 0.3) is 5.91 Å². The SMILES string of the molecule is O=C(O)C1=NOC(C(=O)Nc2ccc([N+](=O)[O-])c(F)c2)C1. The van der Waals surface area contributed by atoms with Crippen molar-refractivity contribution < 1.29 is 28.8 Å². The highest BCUT2D eigenvalue weighted by Crippen LogP contribution is 2.21. The average Bonchev–Trinajstić information content (AvgIpc) is 2.88. The Balaban J connectivity index is 2.03. The van der Waals surface area contributed by atoms with Crippen molar-refractivity contribution in [2.24, 2.45) is 5.16 Å². The Bertz CT molecular complexity index is 659. The van der Waals surface area contributed by atoms with E-state index in [0.717, 1.165) is 18.2 Å². The molecule has 0 fully saturated rings. The zero-order valence-electron chi connectivity index (χ0n) is 10.3. The maximum absolute atomic E-state index is 13.4. The lowest BCUT2D eigenvalue weighted by Gasteiger charge is -2.09. The lowest BCUT2D eigenvalue weighted by molar-refractivity contribution is -0.387. The number of nitro benzene ring substituents is 1. The molecule has 0 bridgehead atoms. The van der Waals surface area contributed by atoms with Crippen molar-refractivity contribution in [3.05, 3.63) is 34.1 Å². The molecule has 0 radical (unpaired) electrons. The van der Waals surface area contributed by atoms with Crippen LogP contribution in [0.4, 0.5) is 15.8 Å². The Kier molecular flexibility index (Phi) is 3.78. The molecule has 0 aliphatic carbocycles. The molecule has 1 heterocycles. The first kappa shape index (κ1) is 14.4. The maximum Gasteiger partial charge on any atom is 0.353 e. The van der Waals surface area contributed by atoms with Crippen LogP contribution in [0.3, 0.4) is 0 Å². The minimum atomic E-state index is -1.30. The van der Waals surface area contributed by atoms with Crippen molar-refractivity contribution >= 4 is 29.0 Å². The quantitative estimate of drug-likeness (QED) is 0.627. The average molecular weight is 297 g/mol. The Hall–Kier alpha value is -3.04. The number of carboxylic acids is 1. The number of nitrogens with one attached hydrogen (secondary N) is 1. The lowest BCUT2D eigenvalue weighted by Crippen LogP contribution is -2.29. The summed E-state index contributed by atoms with van der Waals surface area (Å²) in [5.74, 6) is -3.14. The first-order valence-electron chi connectivity index (χ1n) is 5.59. The van der Waals surface area contributed by atoms with Gasteiger partial charge in [0.05, 0.1) is 4.92 Å². The van der Waals surface area contributed by atoms with E-state index in [0.29, 0.717) is 0 Å². The molecule has 1 aromatic carbocycles. The van der Waals surface area contributed by atoms with Crippen molar-refractivity contribution in [2.45, 2.75) is 12.5 Å². The van der Waals surface area contributed by atoms with E-state index >= 15 is 0 Å². The summed E-state index contributed by atoms with van der Waals surface area (Å²) in [6.45, 7) is 0.